The van der Waals surface area contributed by atoms with Gasteiger partial charge in [0.05, 0.1) is 6.26 Å². The minimum atomic E-state index is 0.736. The van der Waals surface area contributed by atoms with Crippen molar-refractivity contribution >= 4 is 11.1 Å². The molecule has 0 aromatic carbocycles. The molecule has 1 radical (unpaired) electrons. The van der Waals surface area contributed by atoms with Crippen LogP contribution in [0.25, 0.3) is 11.1 Å². The van der Waals surface area contributed by atoms with Crippen molar-refractivity contribution in [2.24, 2.45) is 0 Å². The van der Waals surface area contributed by atoms with Gasteiger partial charge in [0.25, 0.3) is 0 Å². The lowest BCUT2D eigenvalue weighted by atomic mass is 10.3. The molecule has 2 rings (SSSR count). The minimum absolute atomic E-state index is 0.736. The minimum Gasteiger partial charge on any atom is -0.462 e. The molecule has 2 heterocycles. The molecular weight excluding hydrogens is 126 g/mol. The summed E-state index contributed by atoms with van der Waals surface area (Å²) >= 11 is 0. The Morgan fingerprint density at radius 2 is 2.50 bits per heavy atom. The predicted octanol–water partition coefficient (Wildman–Crippen LogP) is 1.94. The van der Waals surface area contributed by atoms with E-state index in [9.17, 15) is 0 Å². The quantitative estimate of drug-likeness (QED) is 0.547. The largest absolute Gasteiger partial charge is 0.462 e. The summed E-state index contributed by atoms with van der Waals surface area (Å²) < 4.78 is 5.08. The van der Waals surface area contributed by atoms with Crippen molar-refractivity contribution in [3.05, 3.63) is 30.2 Å². The maximum Gasteiger partial charge on any atom is 0.160 e. The van der Waals surface area contributed by atoms with Crippen LogP contribution in [0.2, 0.25) is 0 Å². The third-order valence-electron chi connectivity index (χ3n) is 1.35. The van der Waals surface area contributed by atoms with Crippen molar-refractivity contribution in [2.75, 3.05) is 0 Å². The summed E-state index contributed by atoms with van der Waals surface area (Å²) in [6, 6.07) is 4.87. The summed E-state index contributed by atoms with van der Waals surface area (Å²) in [5.74, 6) is 0. The van der Waals surface area contributed by atoms with E-state index in [-0.39, 0.29) is 0 Å². The van der Waals surface area contributed by atoms with E-state index in [2.05, 4.69) is 11.1 Å². The summed E-state index contributed by atoms with van der Waals surface area (Å²) in [7, 11) is 0. The van der Waals surface area contributed by atoms with E-state index in [1.54, 1.807) is 12.5 Å². The van der Waals surface area contributed by atoms with Crippen LogP contribution in [0.5, 0.6) is 0 Å². The van der Waals surface area contributed by atoms with Crippen molar-refractivity contribution < 1.29 is 4.42 Å². The second-order valence-corrected chi connectivity index (χ2v) is 2.20. The number of fused-ring (bicyclic) bond motifs is 1. The third kappa shape index (κ3) is 0.692. The molecule has 0 aliphatic heterocycles. The van der Waals surface area contributed by atoms with Gasteiger partial charge in [-0.3, -0.25) is 4.98 Å². The predicted molar refractivity (Wildman–Crippen MR) is 37.6 cm³/mol. The third-order valence-corrected chi connectivity index (χ3v) is 1.35. The summed E-state index contributed by atoms with van der Waals surface area (Å²) in [5.41, 5.74) is 2.60. The first-order valence-electron chi connectivity index (χ1n) is 3.08. The Bertz CT molecular complexity index is 351. The van der Waals surface area contributed by atoms with Gasteiger partial charge in [0, 0.05) is 18.3 Å². The van der Waals surface area contributed by atoms with Crippen molar-refractivity contribution in [2.45, 2.75) is 6.92 Å². The molecule has 49 valence electrons. The van der Waals surface area contributed by atoms with Crippen LogP contribution in [0.15, 0.2) is 22.9 Å². The van der Waals surface area contributed by atoms with Crippen LogP contribution < -0.4 is 0 Å². The maximum atomic E-state index is 5.08. The number of pyridine rings is 1. The number of furan rings is 1. The van der Waals surface area contributed by atoms with Gasteiger partial charge in [-0.25, -0.2) is 0 Å². The fourth-order valence-corrected chi connectivity index (χ4v) is 0.875. The number of aryl methyl sites for hydroxylation is 1. The van der Waals surface area contributed by atoms with Gasteiger partial charge in [-0.05, 0) is 12.5 Å². The normalized spacial score (nSPS) is 10.5. The highest BCUT2D eigenvalue weighted by Gasteiger charge is 1.95. The number of hydrogen-bond acceptors (Lipinski definition) is 2. The van der Waals surface area contributed by atoms with Gasteiger partial charge in [0.1, 0.15) is 5.52 Å². The summed E-state index contributed by atoms with van der Waals surface area (Å²) in [4.78, 5) is 4.12. The van der Waals surface area contributed by atoms with Crippen LogP contribution in [0, 0.1) is 13.0 Å². The number of rotatable bonds is 0. The zero-order valence-corrected chi connectivity index (χ0v) is 5.59. The highest BCUT2D eigenvalue weighted by atomic mass is 16.3. The average Bonchev–Trinajstić information content (AvgIpc) is 2.33. The Balaban J connectivity index is 2.86. The molecule has 0 atom stereocenters. The first-order valence-corrected chi connectivity index (χ1v) is 3.08. The molecule has 0 fully saturated rings. The Morgan fingerprint density at radius 3 is 3.40 bits per heavy atom. The molecule has 0 amide bonds. The second kappa shape index (κ2) is 1.84. The van der Waals surface area contributed by atoms with Crippen LogP contribution in [-0.2, 0) is 0 Å². The van der Waals surface area contributed by atoms with Crippen molar-refractivity contribution in [1.82, 2.24) is 4.98 Å². The molecule has 0 aliphatic rings. The summed E-state index contributed by atoms with van der Waals surface area (Å²) in [6.45, 7) is 1.94. The Morgan fingerprint density at radius 1 is 1.60 bits per heavy atom. The van der Waals surface area contributed by atoms with E-state index < -0.39 is 0 Å². The smallest absolute Gasteiger partial charge is 0.160 e. The van der Waals surface area contributed by atoms with Gasteiger partial charge < -0.3 is 4.42 Å². The van der Waals surface area contributed by atoms with Crippen LogP contribution in [0.3, 0.4) is 0 Å². The topological polar surface area (TPSA) is 26.0 Å². The molecule has 2 aromatic heterocycles. The average molecular weight is 132 g/mol. The molecule has 0 saturated heterocycles. The standard InChI is InChI=1S/C8H6NO/c1-6-4-8-7(9-5-6)2-3-10-8/h2-3,5H,1H3. The Kier molecular flexibility index (Phi) is 1.01. The summed E-state index contributed by atoms with van der Waals surface area (Å²) in [6.07, 6.45) is 3.39. The van der Waals surface area contributed by atoms with Crippen LogP contribution in [0.1, 0.15) is 5.56 Å². The van der Waals surface area contributed by atoms with E-state index in [0.717, 1.165) is 16.7 Å². The van der Waals surface area contributed by atoms with Gasteiger partial charge in [-0.15, -0.1) is 0 Å². The van der Waals surface area contributed by atoms with E-state index in [0.29, 0.717) is 0 Å². The molecule has 0 unspecified atom stereocenters. The first kappa shape index (κ1) is 5.47. The van der Waals surface area contributed by atoms with Gasteiger partial charge >= 0.3 is 0 Å². The molecule has 0 aliphatic carbocycles. The van der Waals surface area contributed by atoms with Gasteiger partial charge in [-0.1, -0.05) is 0 Å². The second-order valence-electron chi connectivity index (χ2n) is 2.20. The zero-order chi connectivity index (χ0) is 6.97. The van der Waals surface area contributed by atoms with Gasteiger partial charge in [0.15, 0.2) is 5.58 Å². The van der Waals surface area contributed by atoms with E-state index in [1.165, 1.54) is 0 Å². The monoisotopic (exact) mass is 132 g/mol. The van der Waals surface area contributed by atoms with Gasteiger partial charge in [0.2, 0.25) is 0 Å². The van der Waals surface area contributed by atoms with E-state index in [4.69, 9.17) is 4.42 Å². The van der Waals surface area contributed by atoms with E-state index in [1.807, 2.05) is 13.0 Å². The van der Waals surface area contributed by atoms with Crippen molar-refractivity contribution in [1.29, 1.82) is 0 Å². The fourth-order valence-electron chi connectivity index (χ4n) is 0.875. The van der Waals surface area contributed by atoms with Crippen molar-refractivity contribution in [3.8, 4) is 0 Å². The fraction of sp³-hybridized carbons (Fsp3) is 0.125. The lowest BCUT2D eigenvalue weighted by molar-refractivity contribution is 0.614. The zero-order valence-electron chi connectivity index (χ0n) is 5.59. The molecule has 2 heteroatoms. The van der Waals surface area contributed by atoms with Crippen molar-refractivity contribution in [3.63, 3.8) is 0 Å². The highest BCUT2D eigenvalue weighted by Crippen LogP contribution is 2.11. The van der Waals surface area contributed by atoms with Crippen LogP contribution in [0.4, 0.5) is 0 Å². The lowest BCUT2D eigenvalue weighted by Crippen LogP contribution is -1.75. The SMILES string of the molecule is Cc1[c]c2occc2nc1. The molecule has 0 bridgehead atoms. The number of aromatic nitrogens is 1. The van der Waals surface area contributed by atoms with Crippen LogP contribution >= 0.6 is 0 Å². The molecule has 0 N–H and O–H groups in total. The lowest BCUT2D eigenvalue weighted by Gasteiger charge is -1.87. The molecule has 2 aromatic rings. The summed E-state index contributed by atoms with van der Waals surface area (Å²) in [5, 5.41) is 0. The Labute approximate surface area is 58.5 Å². The van der Waals surface area contributed by atoms with E-state index >= 15 is 0 Å². The van der Waals surface area contributed by atoms with Crippen LogP contribution in [-0.4, -0.2) is 4.98 Å². The molecule has 0 spiro atoms. The Hall–Kier alpha value is -1.31. The highest BCUT2D eigenvalue weighted by molar-refractivity contribution is 5.71. The maximum absolute atomic E-state index is 5.08. The molecular formula is C8H6NO. The first-order chi connectivity index (χ1) is 4.86. The molecule has 2 nitrogen and oxygen atoms in total. The molecule has 10 heavy (non-hydrogen) atoms. The molecule has 0 saturated carbocycles. The number of nitrogens with zero attached hydrogens (tertiary/aromatic N) is 1. The number of hydrogen-bond donors (Lipinski definition) is 0. The van der Waals surface area contributed by atoms with Gasteiger partial charge in [-0.2, -0.15) is 0 Å².